The van der Waals surface area contributed by atoms with Crippen molar-refractivity contribution in [2.45, 2.75) is 11.8 Å². The molecule has 5 nitrogen and oxygen atoms in total. The average Bonchev–Trinajstić information content (AvgIpc) is 2.94. The van der Waals surface area contributed by atoms with Crippen LogP contribution in [0.1, 0.15) is 11.5 Å². The van der Waals surface area contributed by atoms with E-state index in [1.54, 1.807) is 54.9 Å². The molecule has 0 aliphatic carbocycles. The molecule has 0 saturated carbocycles. The predicted molar refractivity (Wildman–Crippen MR) is 101 cm³/mol. The molecule has 2 aromatic carbocycles. The van der Waals surface area contributed by atoms with E-state index in [0.29, 0.717) is 11.5 Å². The maximum atomic E-state index is 13.2. The van der Waals surface area contributed by atoms with Crippen LogP contribution in [0.25, 0.3) is 17.3 Å². The Balaban J connectivity index is 2.10. The van der Waals surface area contributed by atoms with Crippen LogP contribution < -0.4 is 0 Å². The number of nitrogens with zero attached hydrogens (tertiary/aromatic N) is 3. The lowest BCUT2D eigenvalue weighted by Gasteiger charge is -2.06. The summed E-state index contributed by atoms with van der Waals surface area (Å²) in [6.45, 7) is 1.77. The molecule has 3 aromatic rings. The number of halogens is 1. The minimum atomic E-state index is -3.94. The van der Waals surface area contributed by atoms with Gasteiger partial charge in [-0.3, -0.25) is 0 Å². The Morgan fingerprint density at radius 2 is 1.78 bits per heavy atom. The highest BCUT2D eigenvalue weighted by atomic mass is 32.2. The molecule has 0 atom stereocenters. The number of allylic oxidation sites excluding steroid dienone is 1. The molecule has 0 N–H and O–H groups in total. The molecule has 0 radical (unpaired) electrons. The van der Waals surface area contributed by atoms with Gasteiger partial charge in [0, 0.05) is 18.7 Å². The van der Waals surface area contributed by atoms with E-state index >= 15 is 0 Å². The Bertz CT molecular complexity index is 1160. The number of aromatic nitrogens is 2. The van der Waals surface area contributed by atoms with Crippen LogP contribution in [-0.2, 0) is 16.9 Å². The summed E-state index contributed by atoms with van der Waals surface area (Å²) >= 11 is 0. The summed E-state index contributed by atoms with van der Waals surface area (Å²) in [7, 11) is -2.23. The van der Waals surface area contributed by atoms with Gasteiger partial charge in [0.05, 0.1) is 16.3 Å². The van der Waals surface area contributed by atoms with Crippen LogP contribution in [0.5, 0.6) is 0 Å². The van der Waals surface area contributed by atoms with Crippen molar-refractivity contribution in [2.24, 2.45) is 7.05 Å². The van der Waals surface area contributed by atoms with Crippen molar-refractivity contribution in [3.63, 3.8) is 0 Å². The van der Waals surface area contributed by atoms with Crippen LogP contribution in [0.4, 0.5) is 4.39 Å². The summed E-state index contributed by atoms with van der Waals surface area (Å²) in [6.07, 6.45) is 1.25. The van der Waals surface area contributed by atoms with E-state index in [-0.39, 0.29) is 10.7 Å². The Hall–Kier alpha value is -3.24. The van der Waals surface area contributed by atoms with Gasteiger partial charge in [-0.2, -0.15) is 5.26 Å². The smallest absolute Gasteiger partial charge is 0.216 e. The van der Waals surface area contributed by atoms with Crippen molar-refractivity contribution >= 4 is 15.9 Å². The zero-order chi connectivity index (χ0) is 19.6. The monoisotopic (exact) mass is 381 g/mol. The second kappa shape index (κ2) is 7.17. The highest BCUT2D eigenvalue weighted by Crippen LogP contribution is 2.27. The molecule has 0 aliphatic rings. The number of aryl methyl sites for hydroxylation is 1. The third kappa shape index (κ3) is 3.52. The van der Waals surface area contributed by atoms with Gasteiger partial charge in [0.2, 0.25) is 9.84 Å². The molecule has 1 heterocycles. The van der Waals surface area contributed by atoms with Gasteiger partial charge in [0.1, 0.15) is 17.7 Å². The Morgan fingerprint density at radius 1 is 1.15 bits per heavy atom. The normalized spacial score (nSPS) is 12.0. The van der Waals surface area contributed by atoms with Crippen LogP contribution in [0.3, 0.4) is 0 Å². The van der Waals surface area contributed by atoms with Crippen LogP contribution in [0, 0.1) is 24.1 Å². The van der Waals surface area contributed by atoms with Crippen LogP contribution in [0.2, 0.25) is 0 Å². The van der Waals surface area contributed by atoms with Gasteiger partial charge in [-0.25, -0.2) is 17.8 Å². The summed E-state index contributed by atoms with van der Waals surface area (Å²) in [5.41, 5.74) is 2.10. The van der Waals surface area contributed by atoms with Crippen molar-refractivity contribution in [2.75, 3.05) is 0 Å². The molecule has 0 saturated heterocycles. The molecule has 3 rings (SSSR count). The van der Waals surface area contributed by atoms with Crippen molar-refractivity contribution in [1.29, 1.82) is 5.26 Å². The molecular formula is C20H16FN3O2S. The molecule has 0 amide bonds. The first-order chi connectivity index (χ1) is 12.8. The van der Waals surface area contributed by atoms with E-state index < -0.39 is 14.7 Å². The van der Waals surface area contributed by atoms with Crippen LogP contribution in [-0.4, -0.2) is 18.0 Å². The van der Waals surface area contributed by atoms with Crippen LogP contribution >= 0.6 is 0 Å². The van der Waals surface area contributed by atoms with Crippen molar-refractivity contribution in [3.05, 3.63) is 76.8 Å². The maximum Gasteiger partial charge on any atom is 0.216 e. The van der Waals surface area contributed by atoms with Gasteiger partial charge in [-0.15, -0.1) is 0 Å². The van der Waals surface area contributed by atoms with E-state index in [1.165, 1.54) is 30.3 Å². The second-order valence-electron chi connectivity index (χ2n) is 5.91. The van der Waals surface area contributed by atoms with Gasteiger partial charge < -0.3 is 4.57 Å². The van der Waals surface area contributed by atoms with Gasteiger partial charge in [-0.1, -0.05) is 18.2 Å². The quantitative estimate of drug-likeness (QED) is 0.643. The third-order valence-electron chi connectivity index (χ3n) is 4.14. The first kappa shape index (κ1) is 18.5. The minimum absolute atomic E-state index is 0.0440. The fourth-order valence-electron chi connectivity index (χ4n) is 2.81. The molecule has 0 spiro atoms. The molecule has 7 heteroatoms. The number of nitriles is 1. The lowest BCUT2D eigenvalue weighted by Crippen LogP contribution is -2.04. The second-order valence-corrected chi connectivity index (χ2v) is 7.82. The standard InChI is InChI=1S/C20H16FN3O2S/c1-14-20(15-8-10-16(21)11-9-15)24(2)19(23-14)12-18(13-22)27(25,26)17-6-4-3-5-7-17/h3-12H,1-2H3/b18-12+. The van der Waals surface area contributed by atoms with Crippen molar-refractivity contribution in [3.8, 4) is 17.3 Å². The predicted octanol–water partition coefficient (Wildman–Crippen LogP) is 3.87. The number of benzene rings is 2. The maximum absolute atomic E-state index is 13.2. The molecule has 0 aliphatic heterocycles. The summed E-state index contributed by atoms with van der Waals surface area (Å²) in [5, 5.41) is 9.42. The number of rotatable bonds is 4. The van der Waals surface area contributed by atoms with Crippen molar-refractivity contribution < 1.29 is 12.8 Å². The van der Waals surface area contributed by atoms with E-state index in [1.807, 2.05) is 0 Å². The van der Waals surface area contributed by atoms with Crippen LogP contribution in [0.15, 0.2) is 64.4 Å². The number of imidazole rings is 1. The molecule has 0 fully saturated rings. The van der Waals surface area contributed by atoms with E-state index in [9.17, 15) is 18.1 Å². The Labute approximate surface area is 157 Å². The number of hydrogen-bond acceptors (Lipinski definition) is 4. The van der Waals surface area contributed by atoms with Crippen molar-refractivity contribution in [1.82, 2.24) is 9.55 Å². The first-order valence-electron chi connectivity index (χ1n) is 8.06. The van der Waals surface area contributed by atoms with Gasteiger partial charge in [-0.05, 0) is 43.3 Å². The van der Waals surface area contributed by atoms with E-state index in [2.05, 4.69) is 4.98 Å². The lowest BCUT2D eigenvalue weighted by atomic mass is 10.1. The van der Waals surface area contributed by atoms with Gasteiger partial charge in [0.25, 0.3) is 0 Å². The van der Waals surface area contributed by atoms with Gasteiger partial charge in [0.15, 0.2) is 4.91 Å². The SMILES string of the molecule is Cc1nc(/C=C(\C#N)S(=O)(=O)c2ccccc2)n(C)c1-c1ccc(F)cc1. The molecule has 0 unspecified atom stereocenters. The van der Waals surface area contributed by atoms with E-state index in [4.69, 9.17) is 0 Å². The zero-order valence-electron chi connectivity index (χ0n) is 14.7. The topological polar surface area (TPSA) is 75.8 Å². The molecule has 0 bridgehead atoms. The fourth-order valence-corrected chi connectivity index (χ4v) is 3.96. The molecule has 27 heavy (non-hydrogen) atoms. The summed E-state index contributed by atoms with van der Waals surface area (Å²) in [5.74, 6) is -0.0257. The summed E-state index contributed by atoms with van der Waals surface area (Å²) in [4.78, 5) is 4.03. The Morgan fingerprint density at radius 3 is 2.37 bits per heavy atom. The molecular weight excluding hydrogens is 365 g/mol. The molecule has 1 aromatic heterocycles. The molecule has 136 valence electrons. The van der Waals surface area contributed by atoms with E-state index in [0.717, 1.165) is 11.3 Å². The third-order valence-corrected chi connectivity index (χ3v) is 5.82. The summed E-state index contributed by atoms with van der Waals surface area (Å²) in [6, 6.07) is 15.5. The first-order valence-corrected chi connectivity index (χ1v) is 9.54. The largest absolute Gasteiger partial charge is 0.327 e. The lowest BCUT2D eigenvalue weighted by molar-refractivity contribution is 0.603. The number of hydrogen-bond donors (Lipinski definition) is 0. The summed E-state index contributed by atoms with van der Waals surface area (Å²) < 4.78 is 40.3. The highest BCUT2D eigenvalue weighted by Gasteiger charge is 2.22. The average molecular weight is 381 g/mol. The van der Waals surface area contributed by atoms with Gasteiger partial charge >= 0.3 is 0 Å². The zero-order valence-corrected chi connectivity index (χ0v) is 15.5. The Kier molecular flexibility index (Phi) is 4.93. The highest BCUT2D eigenvalue weighted by molar-refractivity contribution is 7.95. The minimum Gasteiger partial charge on any atom is -0.327 e. The number of sulfone groups is 1. The fraction of sp³-hybridized carbons (Fsp3) is 0.100.